The number of aryl methyl sites for hydroxylation is 2. The van der Waals surface area contributed by atoms with Crippen LogP contribution in [0.25, 0.3) is 0 Å². The highest BCUT2D eigenvalue weighted by Crippen LogP contribution is 2.30. The molecule has 2 nitrogen and oxygen atoms in total. The highest BCUT2D eigenvalue weighted by molar-refractivity contribution is 6.04. The number of carbonyl (C=O) groups excluding carboxylic acids is 1. The molecule has 0 unspecified atom stereocenters. The van der Waals surface area contributed by atoms with Gasteiger partial charge in [-0.3, -0.25) is 4.79 Å². The molecule has 0 saturated heterocycles. The van der Waals surface area contributed by atoms with Crippen molar-refractivity contribution in [2.75, 3.05) is 5.32 Å². The summed E-state index contributed by atoms with van der Waals surface area (Å²) < 4.78 is 38.0. The van der Waals surface area contributed by atoms with Crippen molar-refractivity contribution in [2.24, 2.45) is 0 Å². The molecule has 0 fully saturated rings. The Morgan fingerprint density at radius 2 is 1.77 bits per heavy atom. The molecule has 2 aromatic rings. The van der Waals surface area contributed by atoms with Crippen LogP contribution < -0.4 is 5.32 Å². The fourth-order valence-electron chi connectivity index (χ4n) is 2.69. The van der Waals surface area contributed by atoms with Crippen LogP contribution in [0.4, 0.5) is 18.9 Å². The summed E-state index contributed by atoms with van der Waals surface area (Å²) in [6.45, 7) is 0. The van der Waals surface area contributed by atoms with E-state index < -0.39 is 17.6 Å². The molecule has 1 aliphatic rings. The zero-order valence-corrected chi connectivity index (χ0v) is 11.7. The minimum atomic E-state index is -4.45. The van der Waals surface area contributed by atoms with Crippen molar-refractivity contribution in [3.05, 3.63) is 64.7 Å². The van der Waals surface area contributed by atoms with Gasteiger partial charge in [-0.1, -0.05) is 12.1 Å². The minimum absolute atomic E-state index is 0.00433. The standard InChI is InChI=1S/C17H14F3NO/c18-17(19,20)14-6-2-5-13(9-14)16(22)21-15-8-7-11-3-1-4-12(11)10-15/h2,5-10H,1,3-4H2,(H,21,22). The third-order valence-corrected chi connectivity index (χ3v) is 3.81. The number of carbonyl (C=O) groups is 1. The quantitative estimate of drug-likeness (QED) is 0.873. The van der Waals surface area contributed by atoms with Crippen LogP contribution in [0.2, 0.25) is 0 Å². The lowest BCUT2D eigenvalue weighted by atomic mass is 10.1. The predicted octanol–water partition coefficient (Wildman–Crippen LogP) is 4.45. The fourth-order valence-corrected chi connectivity index (χ4v) is 2.69. The summed E-state index contributed by atoms with van der Waals surface area (Å²) in [5.74, 6) is -0.538. The molecule has 0 bridgehead atoms. The van der Waals surface area contributed by atoms with Gasteiger partial charge in [-0.05, 0) is 60.7 Å². The molecule has 0 radical (unpaired) electrons. The Morgan fingerprint density at radius 1 is 1.00 bits per heavy atom. The topological polar surface area (TPSA) is 29.1 Å². The molecular formula is C17H14F3NO. The van der Waals surface area contributed by atoms with E-state index in [1.54, 1.807) is 6.07 Å². The third-order valence-electron chi connectivity index (χ3n) is 3.81. The number of rotatable bonds is 2. The van der Waals surface area contributed by atoms with E-state index in [9.17, 15) is 18.0 Å². The Balaban J connectivity index is 1.80. The van der Waals surface area contributed by atoms with E-state index in [0.29, 0.717) is 5.69 Å². The maximum atomic E-state index is 12.7. The Morgan fingerprint density at radius 3 is 2.55 bits per heavy atom. The van der Waals surface area contributed by atoms with Crippen molar-refractivity contribution in [2.45, 2.75) is 25.4 Å². The second kappa shape index (κ2) is 5.48. The molecule has 0 heterocycles. The molecule has 3 rings (SSSR count). The summed E-state index contributed by atoms with van der Waals surface area (Å²) in [4.78, 5) is 12.1. The van der Waals surface area contributed by atoms with Crippen LogP contribution in [-0.4, -0.2) is 5.91 Å². The number of amides is 1. The Kier molecular flexibility index (Phi) is 3.64. The average Bonchev–Trinajstić information content (AvgIpc) is 2.94. The van der Waals surface area contributed by atoms with Gasteiger partial charge in [0.1, 0.15) is 0 Å². The Labute approximate surface area is 126 Å². The SMILES string of the molecule is O=C(Nc1ccc2c(c1)CCC2)c1cccc(C(F)(F)F)c1. The molecule has 1 amide bonds. The Bertz CT molecular complexity index is 722. The molecule has 5 heteroatoms. The van der Waals surface area contributed by atoms with Crippen molar-refractivity contribution in [3.8, 4) is 0 Å². The predicted molar refractivity (Wildman–Crippen MR) is 77.9 cm³/mol. The average molecular weight is 305 g/mol. The molecule has 22 heavy (non-hydrogen) atoms. The molecule has 0 atom stereocenters. The fraction of sp³-hybridized carbons (Fsp3) is 0.235. The van der Waals surface area contributed by atoms with Crippen LogP contribution in [0.1, 0.15) is 33.5 Å². The first kappa shape index (κ1) is 14.6. The molecule has 1 N–H and O–H groups in total. The molecule has 114 valence electrons. The van der Waals surface area contributed by atoms with Crippen molar-refractivity contribution >= 4 is 11.6 Å². The second-order valence-corrected chi connectivity index (χ2v) is 5.37. The summed E-state index contributed by atoms with van der Waals surface area (Å²) in [5.41, 5.74) is 2.26. The second-order valence-electron chi connectivity index (χ2n) is 5.37. The number of benzene rings is 2. The van der Waals surface area contributed by atoms with Gasteiger partial charge in [-0.2, -0.15) is 13.2 Å². The van der Waals surface area contributed by atoms with Crippen molar-refractivity contribution in [3.63, 3.8) is 0 Å². The van der Waals surface area contributed by atoms with Crippen LogP contribution in [0.15, 0.2) is 42.5 Å². The van der Waals surface area contributed by atoms with E-state index in [1.807, 2.05) is 12.1 Å². The van der Waals surface area contributed by atoms with Crippen molar-refractivity contribution in [1.82, 2.24) is 0 Å². The molecule has 1 aliphatic carbocycles. The first-order chi connectivity index (χ1) is 10.4. The number of fused-ring (bicyclic) bond motifs is 1. The van der Waals surface area contributed by atoms with E-state index in [2.05, 4.69) is 5.32 Å². The number of anilines is 1. The van der Waals surface area contributed by atoms with Crippen molar-refractivity contribution in [1.29, 1.82) is 0 Å². The van der Waals surface area contributed by atoms with Gasteiger partial charge in [-0.15, -0.1) is 0 Å². The lowest BCUT2D eigenvalue weighted by Gasteiger charge is -2.10. The van der Waals surface area contributed by atoms with E-state index in [1.165, 1.54) is 23.3 Å². The third kappa shape index (κ3) is 2.98. The van der Waals surface area contributed by atoms with Gasteiger partial charge >= 0.3 is 6.18 Å². The zero-order chi connectivity index (χ0) is 15.7. The van der Waals surface area contributed by atoms with Crippen LogP contribution in [0.5, 0.6) is 0 Å². The number of halogens is 3. The number of hydrogen-bond donors (Lipinski definition) is 1. The van der Waals surface area contributed by atoms with Crippen LogP contribution in [-0.2, 0) is 19.0 Å². The van der Waals surface area contributed by atoms with Crippen LogP contribution >= 0.6 is 0 Å². The number of hydrogen-bond acceptors (Lipinski definition) is 1. The van der Waals surface area contributed by atoms with Crippen LogP contribution in [0.3, 0.4) is 0 Å². The normalized spacial score (nSPS) is 13.8. The molecule has 0 saturated carbocycles. The van der Waals surface area contributed by atoms with E-state index in [4.69, 9.17) is 0 Å². The molecule has 0 spiro atoms. The largest absolute Gasteiger partial charge is 0.416 e. The summed E-state index contributed by atoms with van der Waals surface area (Å²) in [6.07, 6.45) is -1.34. The van der Waals surface area contributed by atoms with Gasteiger partial charge < -0.3 is 5.32 Å². The van der Waals surface area contributed by atoms with E-state index in [-0.39, 0.29) is 5.56 Å². The molecular weight excluding hydrogens is 291 g/mol. The van der Waals surface area contributed by atoms with Gasteiger partial charge in [0.15, 0.2) is 0 Å². The minimum Gasteiger partial charge on any atom is -0.322 e. The number of nitrogens with one attached hydrogen (secondary N) is 1. The highest BCUT2D eigenvalue weighted by atomic mass is 19.4. The van der Waals surface area contributed by atoms with Crippen molar-refractivity contribution < 1.29 is 18.0 Å². The van der Waals surface area contributed by atoms with Gasteiger partial charge in [0.05, 0.1) is 5.56 Å². The number of alkyl halides is 3. The zero-order valence-electron chi connectivity index (χ0n) is 11.7. The summed E-state index contributed by atoms with van der Waals surface area (Å²) in [5, 5.41) is 2.66. The first-order valence-corrected chi connectivity index (χ1v) is 7.04. The van der Waals surface area contributed by atoms with E-state index in [0.717, 1.165) is 31.4 Å². The maximum absolute atomic E-state index is 12.7. The van der Waals surface area contributed by atoms with Gasteiger partial charge in [0.2, 0.25) is 0 Å². The van der Waals surface area contributed by atoms with E-state index >= 15 is 0 Å². The molecule has 0 aliphatic heterocycles. The maximum Gasteiger partial charge on any atom is 0.416 e. The summed E-state index contributed by atoms with van der Waals surface area (Å²) in [6, 6.07) is 10.1. The van der Waals surface area contributed by atoms with Crippen LogP contribution in [0, 0.1) is 0 Å². The Hall–Kier alpha value is -2.30. The summed E-state index contributed by atoms with van der Waals surface area (Å²) in [7, 11) is 0. The van der Waals surface area contributed by atoms with Gasteiger partial charge in [0, 0.05) is 11.3 Å². The summed E-state index contributed by atoms with van der Waals surface area (Å²) >= 11 is 0. The lowest BCUT2D eigenvalue weighted by Crippen LogP contribution is -2.14. The molecule has 0 aromatic heterocycles. The monoisotopic (exact) mass is 305 g/mol. The van der Waals surface area contributed by atoms with Gasteiger partial charge in [-0.25, -0.2) is 0 Å². The lowest BCUT2D eigenvalue weighted by molar-refractivity contribution is -0.137. The smallest absolute Gasteiger partial charge is 0.322 e. The highest BCUT2D eigenvalue weighted by Gasteiger charge is 2.30. The van der Waals surface area contributed by atoms with Gasteiger partial charge in [0.25, 0.3) is 5.91 Å². The molecule has 2 aromatic carbocycles. The first-order valence-electron chi connectivity index (χ1n) is 7.04.